The van der Waals surface area contributed by atoms with Crippen LogP contribution in [0.15, 0.2) is 41.9 Å². The molecule has 5 heteroatoms. The van der Waals surface area contributed by atoms with Gasteiger partial charge in [0.15, 0.2) is 0 Å². The fraction of sp³-hybridized carbons (Fsp3) is 0.286. The van der Waals surface area contributed by atoms with Crippen LogP contribution in [0, 0.1) is 0 Å². The molecule has 0 N–H and O–H groups in total. The summed E-state index contributed by atoms with van der Waals surface area (Å²) >= 11 is 1.56. The Morgan fingerprint density at radius 1 is 1.37 bits per heavy atom. The van der Waals surface area contributed by atoms with Crippen LogP contribution in [-0.4, -0.2) is 22.0 Å². The molecule has 0 radical (unpaired) electrons. The van der Waals surface area contributed by atoms with E-state index in [1.54, 1.807) is 34.6 Å². The van der Waals surface area contributed by atoms with E-state index >= 15 is 0 Å². The zero-order chi connectivity index (χ0) is 13.1. The molecule has 1 aromatic carbocycles. The second kappa shape index (κ2) is 5.40. The minimum Gasteiger partial charge on any atom is -0.410 e. The topological polar surface area (TPSA) is 42.4 Å². The molecule has 1 amide bonds. The molecular weight excluding hydrogens is 260 g/mol. The number of benzene rings is 1. The third kappa shape index (κ3) is 3.12. The Bertz CT molecular complexity index is 538. The van der Waals surface area contributed by atoms with Crippen LogP contribution in [0.1, 0.15) is 17.8 Å². The van der Waals surface area contributed by atoms with Gasteiger partial charge in [-0.3, -0.25) is 4.90 Å². The normalized spacial score (nSPS) is 14.1. The van der Waals surface area contributed by atoms with Crippen LogP contribution < -0.4 is 4.74 Å². The highest BCUT2D eigenvalue weighted by Crippen LogP contribution is 2.29. The molecule has 1 heterocycles. The number of hydrogen-bond acceptors (Lipinski definition) is 4. The largest absolute Gasteiger partial charge is 0.415 e. The van der Waals surface area contributed by atoms with Crippen LogP contribution in [0.2, 0.25) is 0 Å². The molecule has 1 aliphatic carbocycles. The quantitative estimate of drug-likeness (QED) is 0.859. The van der Waals surface area contributed by atoms with Crippen LogP contribution in [0.4, 0.5) is 4.79 Å². The SMILES string of the molecule is O=C(Oc1ccccc1)N(Cc1nccs1)C1CC1. The molecule has 3 rings (SSSR count). The lowest BCUT2D eigenvalue weighted by Gasteiger charge is -2.20. The molecule has 0 atom stereocenters. The summed E-state index contributed by atoms with van der Waals surface area (Å²) in [6.45, 7) is 0.536. The van der Waals surface area contributed by atoms with Crippen molar-refractivity contribution in [3.05, 3.63) is 46.9 Å². The Hall–Kier alpha value is -1.88. The van der Waals surface area contributed by atoms with Gasteiger partial charge in [0.05, 0.1) is 6.54 Å². The number of hydrogen-bond donors (Lipinski definition) is 0. The first-order valence-corrected chi connectivity index (χ1v) is 7.13. The Kier molecular flexibility index (Phi) is 3.46. The van der Waals surface area contributed by atoms with Gasteiger partial charge in [-0.25, -0.2) is 9.78 Å². The first kappa shape index (κ1) is 12.2. The first-order chi connectivity index (χ1) is 9.33. The Morgan fingerprint density at radius 3 is 2.79 bits per heavy atom. The number of amides is 1. The van der Waals surface area contributed by atoms with Crippen molar-refractivity contribution in [3.63, 3.8) is 0 Å². The molecule has 1 aliphatic rings. The van der Waals surface area contributed by atoms with Gasteiger partial charge < -0.3 is 4.74 Å². The highest BCUT2D eigenvalue weighted by atomic mass is 32.1. The number of carbonyl (C=O) groups excluding carboxylic acids is 1. The molecule has 0 bridgehead atoms. The maximum absolute atomic E-state index is 12.2. The lowest BCUT2D eigenvalue weighted by Crippen LogP contribution is -2.34. The fourth-order valence-electron chi connectivity index (χ4n) is 1.85. The molecule has 4 nitrogen and oxygen atoms in total. The van der Waals surface area contributed by atoms with Crippen molar-refractivity contribution in [1.29, 1.82) is 0 Å². The van der Waals surface area contributed by atoms with Gasteiger partial charge in [-0.15, -0.1) is 11.3 Å². The molecule has 19 heavy (non-hydrogen) atoms. The van der Waals surface area contributed by atoms with Crippen molar-refractivity contribution in [2.45, 2.75) is 25.4 Å². The number of ether oxygens (including phenoxy) is 1. The summed E-state index contributed by atoms with van der Waals surface area (Å²) in [5.74, 6) is 0.581. The molecule has 1 fully saturated rings. The second-order valence-corrected chi connectivity index (χ2v) is 5.45. The Labute approximate surface area is 115 Å². The summed E-state index contributed by atoms with van der Waals surface area (Å²) in [6, 6.07) is 9.47. The van der Waals surface area contributed by atoms with Gasteiger partial charge in [-0.2, -0.15) is 0 Å². The summed E-state index contributed by atoms with van der Waals surface area (Å²) in [6.07, 6.45) is 3.57. The monoisotopic (exact) mass is 274 g/mol. The molecule has 98 valence electrons. The smallest absolute Gasteiger partial charge is 0.410 e. The van der Waals surface area contributed by atoms with Gasteiger partial charge in [-0.1, -0.05) is 18.2 Å². The fourth-order valence-corrected chi connectivity index (χ4v) is 2.47. The van der Waals surface area contributed by atoms with Crippen LogP contribution in [0.5, 0.6) is 5.75 Å². The van der Waals surface area contributed by atoms with E-state index < -0.39 is 0 Å². The van der Waals surface area contributed by atoms with Crippen molar-refractivity contribution in [2.75, 3.05) is 0 Å². The Balaban J connectivity index is 1.68. The summed E-state index contributed by atoms with van der Waals surface area (Å²) in [5, 5.41) is 2.86. The van der Waals surface area contributed by atoms with Crippen LogP contribution in [-0.2, 0) is 6.54 Å². The lowest BCUT2D eigenvalue weighted by atomic mass is 10.3. The van der Waals surface area contributed by atoms with Crippen molar-refractivity contribution in [1.82, 2.24) is 9.88 Å². The number of thiazole rings is 1. The molecule has 1 aromatic heterocycles. The minimum absolute atomic E-state index is 0.288. The first-order valence-electron chi connectivity index (χ1n) is 6.25. The van der Waals surface area contributed by atoms with Crippen LogP contribution in [0.3, 0.4) is 0 Å². The van der Waals surface area contributed by atoms with E-state index in [4.69, 9.17) is 4.74 Å². The lowest BCUT2D eigenvalue weighted by molar-refractivity contribution is 0.146. The van der Waals surface area contributed by atoms with Crippen molar-refractivity contribution >= 4 is 17.4 Å². The third-order valence-corrected chi connectivity index (χ3v) is 3.72. The Morgan fingerprint density at radius 2 is 2.16 bits per heavy atom. The summed E-state index contributed by atoms with van der Waals surface area (Å²) in [4.78, 5) is 18.2. The molecule has 2 aromatic rings. The van der Waals surface area contributed by atoms with E-state index in [0.29, 0.717) is 18.3 Å². The third-order valence-electron chi connectivity index (χ3n) is 2.96. The van der Waals surface area contributed by atoms with E-state index in [2.05, 4.69) is 4.98 Å². The molecule has 0 aliphatic heterocycles. The molecule has 0 spiro atoms. The predicted molar refractivity (Wildman–Crippen MR) is 73.1 cm³/mol. The zero-order valence-corrected chi connectivity index (χ0v) is 11.2. The van der Waals surface area contributed by atoms with E-state index in [1.165, 1.54) is 0 Å². The van der Waals surface area contributed by atoms with Gasteiger partial charge in [0.1, 0.15) is 10.8 Å². The summed E-state index contributed by atoms with van der Waals surface area (Å²) < 4.78 is 5.39. The average molecular weight is 274 g/mol. The number of para-hydroxylation sites is 1. The summed E-state index contributed by atoms with van der Waals surface area (Å²) in [5.41, 5.74) is 0. The second-order valence-electron chi connectivity index (χ2n) is 4.47. The highest BCUT2D eigenvalue weighted by Gasteiger charge is 2.34. The number of carbonyl (C=O) groups is 1. The highest BCUT2D eigenvalue weighted by molar-refractivity contribution is 7.09. The average Bonchev–Trinajstić information content (AvgIpc) is 3.14. The maximum atomic E-state index is 12.2. The van der Waals surface area contributed by atoms with Gasteiger partial charge in [0.2, 0.25) is 0 Å². The predicted octanol–water partition coefficient (Wildman–Crippen LogP) is 3.31. The molecule has 1 saturated carbocycles. The standard InChI is InChI=1S/C14H14N2O2S/c17-14(18-12-4-2-1-3-5-12)16(11-6-7-11)10-13-15-8-9-19-13/h1-5,8-9,11H,6-7,10H2. The van der Waals surface area contributed by atoms with E-state index in [9.17, 15) is 4.79 Å². The van der Waals surface area contributed by atoms with Crippen molar-refractivity contribution < 1.29 is 9.53 Å². The van der Waals surface area contributed by atoms with Gasteiger partial charge in [-0.05, 0) is 25.0 Å². The van der Waals surface area contributed by atoms with Crippen LogP contribution in [0.25, 0.3) is 0 Å². The number of nitrogens with zero attached hydrogens (tertiary/aromatic N) is 2. The van der Waals surface area contributed by atoms with E-state index in [1.807, 2.05) is 23.6 Å². The van der Waals surface area contributed by atoms with Crippen molar-refractivity contribution in [2.24, 2.45) is 0 Å². The van der Waals surface area contributed by atoms with Gasteiger partial charge in [0.25, 0.3) is 0 Å². The maximum Gasteiger partial charge on any atom is 0.415 e. The minimum atomic E-state index is -0.288. The number of aromatic nitrogens is 1. The number of rotatable bonds is 4. The van der Waals surface area contributed by atoms with Gasteiger partial charge >= 0.3 is 6.09 Å². The molecular formula is C14H14N2O2S. The summed E-state index contributed by atoms with van der Waals surface area (Å²) in [7, 11) is 0. The molecule has 0 saturated heterocycles. The van der Waals surface area contributed by atoms with E-state index in [-0.39, 0.29) is 6.09 Å². The molecule has 0 unspecified atom stereocenters. The van der Waals surface area contributed by atoms with Crippen LogP contribution >= 0.6 is 11.3 Å². The van der Waals surface area contributed by atoms with E-state index in [0.717, 1.165) is 17.8 Å². The van der Waals surface area contributed by atoms with Gasteiger partial charge in [0, 0.05) is 17.6 Å². The van der Waals surface area contributed by atoms with Crippen molar-refractivity contribution in [3.8, 4) is 5.75 Å². The zero-order valence-electron chi connectivity index (χ0n) is 10.4.